The maximum absolute atomic E-state index is 16.4. The summed E-state index contributed by atoms with van der Waals surface area (Å²) < 4.78 is 66.5. The Kier molecular flexibility index (Phi) is 10.8. The van der Waals surface area contributed by atoms with E-state index in [1.54, 1.807) is 48.6 Å². The van der Waals surface area contributed by atoms with Gasteiger partial charge in [0.1, 0.15) is 22.9 Å². The molecule has 0 spiro atoms. The first-order chi connectivity index (χ1) is 32.3. The number of halogens is 2. The third-order valence-electron chi connectivity index (χ3n) is 14.7. The second kappa shape index (κ2) is 16.1. The largest absolute Gasteiger partial charge is 0.438 e. The van der Waals surface area contributed by atoms with Gasteiger partial charge in [-0.05, 0) is 132 Å². The quantitative estimate of drug-likeness (QED) is 0.151. The van der Waals surface area contributed by atoms with Crippen LogP contribution in [0.5, 0.6) is 0 Å². The number of hydrogen-bond acceptors (Lipinski definition) is 9. The van der Waals surface area contributed by atoms with E-state index in [0.29, 0.717) is 64.9 Å². The highest BCUT2D eigenvalue weighted by Crippen LogP contribution is 2.56. The Balaban J connectivity index is 1.12. The highest BCUT2D eigenvalue weighted by Gasteiger charge is 2.59. The third kappa shape index (κ3) is 6.95. The number of ether oxygens (including phenoxy) is 1. The fraction of sp³-hybridized carbons (Fsp3) is 0.420. The zero-order chi connectivity index (χ0) is 48.4. The van der Waals surface area contributed by atoms with Crippen LogP contribution in [0.4, 0.5) is 8.78 Å². The standard InChI is InChI=1S/C50H55F2N9O6S/c1-10-68(65,53-9)40-14-13-38(43(52)30(40)5)58-18-19-59(48(58)64)44-41-31(6)57(17-15-36(41)55-61(44)35-21-27(2)42(51)28(3)22-35)45(62)39-24-34-23-32(33-16-20-66-49(7,8)26-33)11-12-37(34)60(39)50(25-29(50)4)46-54-47(63)67-56-46/h11-14,18-19,21-24,29,31,33H,10,15-17,20,25-26H2,1-9H3,(H,54,56,63)/t29-,31-,33-,50-,68+/m0/s1. The summed E-state index contributed by atoms with van der Waals surface area (Å²) in [7, 11) is -1.43. The van der Waals surface area contributed by atoms with E-state index in [1.807, 2.05) is 17.6 Å². The van der Waals surface area contributed by atoms with E-state index < -0.39 is 38.6 Å². The molecule has 1 amide bonds. The van der Waals surface area contributed by atoms with Crippen molar-refractivity contribution in [3.63, 3.8) is 0 Å². The SMILES string of the molecule is CC[S@](=O)(=NC)c1ccc(-n2ccn(-c3c4c(nn3-c3cc(C)c(F)c(C)c3)CCN(C(=O)c3cc5cc([C@H]6CCOC(C)(C)C6)ccc5n3[C@@]3(c5noc(=O)[nH]5)C[C@@H]3C)[C@H]4C)c2=O)c(F)c1C. The number of imidazole rings is 1. The Hall–Kier alpha value is -6.40. The Bertz CT molecular complexity index is 3450. The minimum atomic E-state index is -2.88. The summed E-state index contributed by atoms with van der Waals surface area (Å²) in [6.45, 7) is 15.6. The molecule has 1 aliphatic carbocycles. The van der Waals surface area contributed by atoms with Crippen LogP contribution in [0.1, 0.15) is 116 Å². The maximum atomic E-state index is 16.4. The lowest BCUT2D eigenvalue weighted by molar-refractivity contribution is -0.0592. The molecule has 18 heteroatoms. The van der Waals surface area contributed by atoms with Crippen LogP contribution in [0.2, 0.25) is 0 Å². The topological polar surface area (TPSA) is 168 Å². The second-order valence-electron chi connectivity index (χ2n) is 19.3. The van der Waals surface area contributed by atoms with Gasteiger partial charge in [0.15, 0.2) is 11.6 Å². The number of fused-ring (bicyclic) bond motifs is 2. The van der Waals surface area contributed by atoms with Gasteiger partial charge in [-0.25, -0.2) is 31.6 Å². The molecule has 1 N–H and O–H groups in total. The van der Waals surface area contributed by atoms with E-state index in [2.05, 4.69) is 53.5 Å². The summed E-state index contributed by atoms with van der Waals surface area (Å²) in [5.74, 6) is -0.975. The lowest BCUT2D eigenvalue weighted by Crippen LogP contribution is -2.41. The molecular weight excluding hydrogens is 893 g/mol. The number of nitrogens with zero attached hydrogens (tertiary/aromatic N) is 8. The van der Waals surface area contributed by atoms with Gasteiger partial charge in [0.25, 0.3) is 5.91 Å². The number of carbonyl (C=O) groups excluding carboxylic acids is 1. The molecule has 0 unspecified atom stereocenters. The van der Waals surface area contributed by atoms with Gasteiger partial charge in [-0.1, -0.05) is 25.1 Å². The Morgan fingerprint density at radius 2 is 1.71 bits per heavy atom. The zero-order valence-corrected chi connectivity index (χ0v) is 40.5. The van der Waals surface area contributed by atoms with Crippen LogP contribution in [0.3, 0.4) is 0 Å². The third-order valence-corrected chi connectivity index (χ3v) is 17.2. The molecule has 6 heterocycles. The van der Waals surface area contributed by atoms with Gasteiger partial charge in [0.2, 0.25) is 0 Å². The van der Waals surface area contributed by atoms with E-state index in [4.69, 9.17) is 14.4 Å². The fourth-order valence-electron chi connectivity index (χ4n) is 11.0. The van der Waals surface area contributed by atoms with E-state index in [-0.39, 0.29) is 57.6 Å². The highest BCUT2D eigenvalue weighted by atomic mass is 32.2. The van der Waals surface area contributed by atoms with E-state index >= 15 is 13.6 Å². The average Bonchev–Trinajstić information content (AvgIpc) is 3.80. The minimum Gasteiger partial charge on any atom is -0.376 e. The van der Waals surface area contributed by atoms with Crippen molar-refractivity contribution in [3.8, 4) is 17.2 Å². The molecule has 3 aromatic carbocycles. The number of aryl methyl sites for hydroxylation is 2. The van der Waals surface area contributed by atoms with Gasteiger partial charge in [0.05, 0.1) is 43.3 Å². The molecule has 4 aromatic heterocycles. The lowest BCUT2D eigenvalue weighted by atomic mass is 9.83. The number of aromatic amines is 1. The number of carbonyl (C=O) groups is 1. The maximum Gasteiger partial charge on any atom is 0.438 e. The first-order valence-electron chi connectivity index (χ1n) is 23.1. The van der Waals surface area contributed by atoms with Crippen LogP contribution in [0.15, 0.2) is 84.3 Å². The highest BCUT2D eigenvalue weighted by molar-refractivity contribution is 7.93. The summed E-state index contributed by atoms with van der Waals surface area (Å²) in [5.41, 5.74) is 3.13. The van der Waals surface area contributed by atoms with Crippen LogP contribution < -0.4 is 11.4 Å². The van der Waals surface area contributed by atoms with Gasteiger partial charge >= 0.3 is 11.4 Å². The summed E-state index contributed by atoms with van der Waals surface area (Å²) in [5, 5.41) is 10.1. The monoisotopic (exact) mass is 947 g/mol. The first kappa shape index (κ1) is 45.4. The lowest BCUT2D eigenvalue weighted by Gasteiger charge is -2.35. The number of amides is 1. The molecule has 0 bridgehead atoms. The number of rotatable bonds is 9. The molecule has 0 radical (unpaired) electrons. The summed E-state index contributed by atoms with van der Waals surface area (Å²) in [6, 6.07) is 13.9. The van der Waals surface area contributed by atoms with Crippen molar-refractivity contribution in [2.24, 2.45) is 10.3 Å². The van der Waals surface area contributed by atoms with Gasteiger partial charge in [-0.3, -0.25) is 23.4 Å². The van der Waals surface area contributed by atoms with Crippen LogP contribution in [-0.2, 0) is 26.4 Å². The number of aromatic nitrogens is 7. The van der Waals surface area contributed by atoms with Crippen LogP contribution >= 0.6 is 0 Å². The first-order valence-corrected chi connectivity index (χ1v) is 24.8. The number of H-pyrrole nitrogens is 1. The van der Waals surface area contributed by atoms with Crippen molar-refractivity contribution in [2.45, 2.75) is 109 Å². The molecule has 68 heavy (non-hydrogen) atoms. The summed E-state index contributed by atoms with van der Waals surface area (Å²) >= 11 is 0. The van der Waals surface area contributed by atoms with Crippen molar-refractivity contribution >= 4 is 26.5 Å². The molecule has 356 valence electrons. The smallest absolute Gasteiger partial charge is 0.376 e. The van der Waals surface area contributed by atoms with Gasteiger partial charge in [-0.15, -0.1) is 0 Å². The Morgan fingerprint density at radius 1 is 0.985 bits per heavy atom. The molecule has 5 atom stereocenters. The normalized spacial score (nSPS) is 22.0. The number of nitrogens with one attached hydrogen (secondary N) is 1. The molecule has 7 aromatic rings. The van der Waals surface area contributed by atoms with E-state index in [9.17, 15) is 13.8 Å². The predicted molar refractivity (Wildman–Crippen MR) is 253 cm³/mol. The van der Waals surface area contributed by atoms with Gasteiger partial charge < -0.3 is 14.2 Å². The van der Waals surface area contributed by atoms with Crippen LogP contribution in [0, 0.1) is 38.3 Å². The fourth-order valence-corrected chi connectivity index (χ4v) is 12.6. The molecule has 15 nitrogen and oxygen atoms in total. The number of benzene rings is 3. The molecule has 1 saturated heterocycles. The van der Waals surface area contributed by atoms with Crippen LogP contribution in [-0.4, -0.2) is 80.2 Å². The zero-order valence-electron chi connectivity index (χ0n) is 39.6. The van der Waals surface area contributed by atoms with Crippen molar-refractivity contribution in [1.82, 2.24) is 38.5 Å². The molecule has 2 aliphatic heterocycles. The van der Waals surface area contributed by atoms with Gasteiger partial charge in [0, 0.05) is 66.8 Å². The molecule has 1 saturated carbocycles. The van der Waals surface area contributed by atoms with E-state index in [0.717, 1.165) is 29.3 Å². The Morgan fingerprint density at radius 3 is 2.35 bits per heavy atom. The molecular formula is C50H55F2N9O6S. The number of hydrogen-bond donors (Lipinski definition) is 1. The molecule has 2 fully saturated rings. The van der Waals surface area contributed by atoms with E-state index in [1.165, 1.54) is 41.6 Å². The van der Waals surface area contributed by atoms with Crippen molar-refractivity contribution in [3.05, 3.63) is 139 Å². The predicted octanol–water partition coefficient (Wildman–Crippen LogP) is 8.34. The minimum absolute atomic E-state index is 0.0164. The Labute approximate surface area is 391 Å². The second-order valence-corrected chi connectivity index (χ2v) is 22.0. The van der Waals surface area contributed by atoms with Crippen molar-refractivity contribution in [2.75, 3.05) is 26.0 Å². The van der Waals surface area contributed by atoms with Crippen molar-refractivity contribution in [1.29, 1.82) is 0 Å². The van der Waals surface area contributed by atoms with Crippen molar-refractivity contribution < 1.29 is 27.0 Å². The summed E-state index contributed by atoms with van der Waals surface area (Å²) in [4.78, 5) is 47.7. The average molecular weight is 948 g/mol. The summed E-state index contributed by atoms with van der Waals surface area (Å²) in [6.07, 6.45) is 5.61. The van der Waals surface area contributed by atoms with Gasteiger partial charge in [-0.2, -0.15) is 5.10 Å². The molecule has 3 aliphatic rings. The van der Waals surface area contributed by atoms with Crippen LogP contribution in [0.25, 0.3) is 28.1 Å². The molecule has 10 rings (SSSR count).